The van der Waals surface area contributed by atoms with Crippen molar-refractivity contribution in [2.75, 3.05) is 7.11 Å². The highest BCUT2D eigenvalue weighted by Gasteiger charge is 2.27. The van der Waals surface area contributed by atoms with Crippen LogP contribution in [0, 0.1) is 6.92 Å². The normalized spacial score (nSPS) is 23.0. The summed E-state index contributed by atoms with van der Waals surface area (Å²) in [5, 5.41) is 6.59. The number of primary sulfonamides is 1. The van der Waals surface area contributed by atoms with E-state index in [4.69, 9.17) is 14.6 Å². The Labute approximate surface area is 128 Å². The van der Waals surface area contributed by atoms with E-state index in [1.807, 2.05) is 0 Å². The molecule has 21 heavy (non-hydrogen) atoms. The van der Waals surface area contributed by atoms with Crippen LogP contribution in [-0.4, -0.2) is 33.7 Å². The number of rotatable bonds is 4. The van der Waals surface area contributed by atoms with Gasteiger partial charge < -0.3 is 9.47 Å². The fourth-order valence-electron chi connectivity index (χ4n) is 2.52. The first-order valence-electron chi connectivity index (χ1n) is 6.67. The standard InChI is InChI=1S/C13H19NO5S2/c1-8-11(7-20-13(8)21(14,16)17)12(15)19-10-5-3-4-9(6-10)18-2/h7,9-10H,3-6H2,1-2H3,(H2,14,16,17). The van der Waals surface area contributed by atoms with E-state index in [2.05, 4.69) is 0 Å². The summed E-state index contributed by atoms with van der Waals surface area (Å²) in [6.07, 6.45) is 3.32. The van der Waals surface area contributed by atoms with Crippen LogP contribution in [0.4, 0.5) is 0 Å². The average Bonchev–Trinajstić information content (AvgIpc) is 2.80. The molecule has 0 amide bonds. The molecule has 6 nitrogen and oxygen atoms in total. The zero-order valence-corrected chi connectivity index (χ0v) is 13.6. The van der Waals surface area contributed by atoms with Gasteiger partial charge in [0.1, 0.15) is 10.3 Å². The molecule has 0 aromatic carbocycles. The Bertz CT molecular complexity index is 623. The topological polar surface area (TPSA) is 95.7 Å². The van der Waals surface area contributed by atoms with Crippen LogP contribution in [0.5, 0.6) is 0 Å². The third-order valence-corrected chi connectivity index (χ3v) is 6.34. The predicted molar refractivity (Wildman–Crippen MR) is 78.9 cm³/mol. The SMILES string of the molecule is COC1CCCC(OC(=O)c2csc(S(N)(=O)=O)c2C)C1. The summed E-state index contributed by atoms with van der Waals surface area (Å²) >= 11 is 0.940. The smallest absolute Gasteiger partial charge is 0.339 e. The van der Waals surface area contributed by atoms with Crippen molar-refractivity contribution in [2.24, 2.45) is 5.14 Å². The number of nitrogens with two attached hydrogens (primary N) is 1. The molecule has 0 saturated heterocycles. The third-order valence-electron chi connectivity index (χ3n) is 3.66. The highest BCUT2D eigenvalue weighted by Crippen LogP contribution is 2.28. The molecule has 0 bridgehead atoms. The van der Waals surface area contributed by atoms with Gasteiger partial charge >= 0.3 is 5.97 Å². The number of methoxy groups -OCH3 is 1. The largest absolute Gasteiger partial charge is 0.459 e. The van der Waals surface area contributed by atoms with Gasteiger partial charge in [-0.15, -0.1) is 11.3 Å². The zero-order valence-electron chi connectivity index (χ0n) is 12.0. The average molecular weight is 333 g/mol. The van der Waals surface area contributed by atoms with Crippen LogP contribution in [-0.2, 0) is 19.5 Å². The molecule has 1 saturated carbocycles. The van der Waals surface area contributed by atoms with Gasteiger partial charge in [0.05, 0.1) is 11.7 Å². The molecule has 0 spiro atoms. The second-order valence-corrected chi connectivity index (χ2v) is 7.79. The Morgan fingerprint density at radius 3 is 2.62 bits per heavy atom. The van der Waals surface area contributed by atoms with Gasteiger partial charge in [-0.3, -0.25) is 0 Å². The molecule has 1 fully saturated rings. The third kappa shape index (κ3) is 3.82. The van der Waals surface area contributed by atoms with E-state index < -0.39 is 16.0 Å². The monoisotopic (exact) mass is 333 g/mol. The van der Waals surface area contributed by atoms with E-state index in [1.54, 1.807) is 14.0 Å². The van der Waals surface area contributed by atoms with Crippen molar-refractivity contribution in [3.8, 4) is 0 Å². The summed E-state index contributed by atoms with van der Waals surface area (Å²) < 4.78 is 33.5. The molecule has 2 atom stereocenters. The lowest BCUT2D eigenvalue weighted by atomic mass is 9.95. The minimum absolute atomic E-state index is 0.00728. The summed E-state index contributed by atoms with van der Waals surface area (Å²) in [7, 11) is -2.15. The molecule has 8 heteroatoms. The quantitative estimate of drug-likeness (QED) is 0.848. The van der Waals surface area contributed by atoms with Gasteiger partial charge in [-0.05, 0) is 31.7 Å². The number of hydrogen-bond acceptors (Lipinski definition) is 6. The molecule has 2 rings (SSSR count). The lowest BCUT2D eigenvalue weighted by Crippen LogP contribution is -2.29. The highest BCUT2D eigenvalue weighted by molar-refractivity contribution is 7.91. The van der Waals surface area contributed by atoms with Crippen molar-refractivity contribution in [1.82, 2.24) is 0 Å². The van der Waals surface area contributed by atoms with Gasteiger partial charge in [0.25, 0.3) is 0 Å². The van der Waals surface area contributed by atoms with Crippen LogP contribution < -0.4 is 5.14 Å². The molecule has 0 radical (unpaired) electrons. The second-order valence-electron chi connectivity index (χ2n) is 5.16. The molecular formula is C13H19NO5S2. The van der Waals surface area contributed by atoms with Gasteiger partial charge in [-0.2, -0.15) is 0 Å². The van der Waals surface area contributed by atoms with E-state index in [0.29, 0.717) is 12.0 Å². The lowest BCUT2D eigenvalue weighted by molar-refractivity contribution is -0.0149. The van der Waals surface area contributed by atoms with Crippen LogP contribution in [0.2, 0.25) is 0 Å². The van der Waals surface area contributed by atoms with Gasteiger partial charge in [-0.25, -0.2) is 18.4 Å². The number of carbonyl (C=O) groups is 1. The minimum Gasteiger partial charge on any atom is -0.459 e. The van der Waals surface area contributed by atoms with E-state index >= 15 is 0 Å². The fraction of sp³-hybridized carbons (Fsp3) is 0.615. The van der Waals surface area contributed by atoms with Gasteiger partial charge in [0.15, 0.2) is 0 Å². The maximum absolute atomic E-state index is 12.2. The van der Waals surface area contributed by atoms with Crippen molar-refractivity contribution in [1.29, 1.82) is 0 Å². The molecule has 1 aromatic rings. The molecule has 1 aliphatic carbocycles. The second kappa shape index (κ2) is 6.43. The Morgan fingerprint density at radius 1 is 1.38 bits per heavy atom. The van der Waals surface area contributed by atoms with Crippen molar-refractivity contribution in [3.63, 3.8) is 0 Å². The van der Waals surface area contributed by atoms with E-state index in [9.17, 15) is 13.2 Å². The van der Waals surface area contributed by atoms with E-state index in [0.717, 1.165) is 30.6 Å². The number of sulfonamides is 1. The molecule has 1 heterocycles. The Hall–Kier alpha value is -0.960. The molecule has 2 N–H and O–H groups in total. The van der Waals surface area contributed by atoms with Crippen LogP contribution in [0.25, 0.3) is 0 Å². The first kappa shape index (κ1) is 16.4. The van der Waals surface area contributed by atoms with Crippen molar-refractivity contribution < 1.29 is 22.7 Å². The Kier molecular flexibility index (Phi) is 5.03. The fourth-order valence-corrected chi connectivity index (χ4v) is 4.52. The molecular weight excluding hydrogens is 314 g/mol. The summed E-state index contributed by atoms with van der Waals surface area (Å²) in [6, 6.07) is 0. The number of ether oxygens (including phenoxy) is 2. The summed E-state index contributed by atoms with van der Waals surface area (Å²) in [4.78, 5) is 12.2. The van der Waals surface area contributed by atoms with Crippen LogP contribution >= 0.6 is 11.3 Å². The molecule has 2 unspecified atom stereocenters. The molecule has 118 valence electrons. The molecule has 1 aromatic heterocycles. The van der Waals surface area contributed by atoms with Crippen LogP contribution in [0.1, 0.15) is 41.6 Å². The van der Waals surface area contributed by atoms with Gasteiger partial charge in [0, 0.05) is 18.9 Å². The zero-order chi connectivity index (χ0) is 15.6. The van der Waals surface area contributed by atoms with Crippen LogP contribution in [0.3, 0.4) is 0 Å². The van der Waals surface area contributed by atoms with Crippen molar-refractivity contribution >= 4 is 27.3 Å². The number of carbonyl (C=O) groups excluding carboxylic acids is 1. The Morgan fingerprint density at radius 2 is 2.05 bits per heavy atom. The summed E-state index contributed by atoms with van der Waals surface area (Å²) in [5.41, 5.74) is 0.621. The van der Waals surface area contributed by atoms with Crippen molar-refractivity contribution in [3.05, 3.63) is 16.5 Å². The minimum atomic E-state index is -3.80. The molecule has 1 aliphatic rings. The first-order chi connectivity index (χ1) is 9.82. The van der Waals surface area contributed by atoms with Gasteiger partial charge in [-0.1, -0.05) is 0 Å². The molecule has 0 aliphatic heterocycles. The highest BCUT2D eigenvalue weighted by atomic mass is 32.2. The number of hydrogen-bond donors (Lipinski definition) is 1. The summed E-state index contributed by atoms with van der Waals surface area (Å²) in [6.45, 7) is 1.56. The lowest BCUT2D eigenvalue weighted by Gasteiger charge is -2.27. The van der Waals surface area contributed by atoms with E-state index in [1.165, 1.54) is 5.38 Å². The maximum Gasteiger partial charge on any atom is 0.339 e. The van der Waals surface area contributed by atoms with Crippen LogP contribution in [0.15, 0.2) is 9.59 Å². The van der Waals surface area contributed by atoms with Gasteiger partial charge in [0.2, 0.25) is 10.0 Å². The van der Waals surface area contributed by atoms with E-state index in [-0.39, 0.29) is 22.0 Å². The maximum atomic E-state index is 12.2. The Balaban J connectivity index is 2.09. The number of thiophene rings is 1. The predicted octanol–water partition coefficient (Wildman–Crippen LogP) is 1.82. The summed E-state index contributed by atoms with van der Waals surface area (Å²) in [5.74, 6) is -0.500. The van der Waals surface area contributed by atoms with Crippen molar-refractivity contribution in [2.45, 2.75) is 49.0 Å². The first-order valence-corrected chi connectivity index (χ1v) is 9.10. The number of esters is 1.